The molecule has 0 aliphatic heterocycles. The highest BCUT2D eigenvalue weighted by Gasteiger charge is 2.08. The van der Waals surface area contributed by atoms with E-state index in [0.29, 0.717) is 5.65 Å². The molecule has 5 aromatic rings. The van der Waals surface area contributed by atoms with E-state index in [1.54, 1.807) is 12.4 Å². The number of hydrogen-bond acceptors (Lipinski definition) is 4. The van der Waals surface area contributed by atoms with Crippen molar-refractivity contribution in [3.63, 3.8) is 0 Å². The Morgan fingerprint density at radius 2 is 1.61 bits per heavy atom. The molecule has 108 valence electrons. The Labute approximate surface area is 136 Å². The molecule has 4 heteroatoms. The van der Waals surface area contributed by atoms with Gasteiger partial charge in [0.2, 0.25) is 0 Å². The van der Waals surface area contributed by atoms with Gasteiger partial charge in [0.25, 0.3) is 0 Å². The molecule has 0 aliphatic carbocycles. The standard InChI is InChI=1S/C19H11N3S/c1-2-4-17-13(3-1)14-11-12(5-8-18(14)23-17)15-6-7-16-19(22-15)21-10-9-20-16/h1-11H. The van der Waals surface area contributed by atoms with E-state index < -0.39 is 0 Å². The van der Waals surface area contributed by atoms with E-state index in [0.717, 1.165) is 16.8 Å². The molecule has 0 fully saturated rings. The van der Waals surface area contributed by atoms with Crippen molar-refractivity contribution in [2.45, 2.75) is 0 Å². The quantitative estimate of drug-likeness (QED) is 0.434. The molecule has 0 saturated carbocycles. The molecule has 0 radical (unpaired) electrons. The minimum absolute atomic E-state index is 0.681. The van der Waals surface area contributed by atoms with Crippen molar-refractivity contribution < 1.29 is 0 Å². The number of fused-ring (bicyclic) bond motifs is 4. The molecule has 0 N–H and O–H groups in total. The Morgan fingerprint density at radius 1 is 0.739 bits per heavy atom. The zero-order valence-corrected chi connectivity index (χ0v) is 12.9. The number of thiophene rings is 1. The van der Waals surface area contributed by atoms with Gasteiger partial charge in [-0.25, -0.2) is 9.97 Å². The fraction of sp³-hybridized carbons (Fsp3) is 0. The van der Waals surface area contributed by atoms with Crippen molar-refractivity contribution in [2.24, 2.45) is 0 Å². The van der Waals surface area contributed by atoms with Gasteiger partial charge in [-0.05, 0) is 30.3 Å². The number of pyridine rings is 1. The molecule has 3 heterocycles. The lowest BCUT2D eigenvalue weighted by atomic mass is 10.1. The Balaban J connectivity index is 1.76. The van der Waals surface area contributed by atoms with E-state index in [2.05, 4.69) is 57.4 Å². The third-order valence-corrected chi connectivity index (χ3v) is 5.16. The largest absolute Gasteiger partial charge is 0.251 e. The lowest BCUT2D eigenvalue weighted by Gasteiger charge is -2.03. The van der Waals surface area contributed by atoms with Crippen LogP contribution < -0.4 is 0 Å². The van der Waals surface area contributed by atoms with Crippen LogP contribution >= 0.6 is 11.3 Å². The molecule has 0 aliphatic rings. The van der Waals surface area contributed by atoms with Crippen LogP contribution in [0.15, 0.2) is 67.0 Å². The van der Waals surface area contributed by atoms with Gasteiger partial charge in [-0.15, -0.1) is 11.3 Å². The summed E-state index contributed by atoms with van der Waals surface area (Å²) in [4.78, 5) is 13.2. The highest BCUT2D eigenvalue weighted by molar-refractivity contribution is 7.25. The summed E-state index contributed by atoms with van der Waals surface area (Å²) in [6.45, 7) is 0. The van der Waals surface area contributed by atoms with Crippen LogP contribution in [0.1, 0.15) is 0 Å². The molecule has 3 aromatic heterocycles. The van der Waals surface area contributed by atoms with Gasteiger partial charge in [0, 0.05) is 38.1 Å². The first-order chi connectivity index (χ1) is 11.4. The molecule has 0 amide bonds. The van der Waals surface area contributed by atoms with Crippen molar-refractivity contribution in [3.05, 3.63) is 67.0 Å². The van der Waals surface area contributed by atoms with Gasteiger partial charge in [0.05, 0.1) is 5.69 Å². The molecule has 0 spiro atoms. The average Bonchev–Trinajstić information content (AvgIpc) is 2.99. The maximum absolute atomic E-state index is 4.65. The summed E-state index contributed by atoms with van der Waals surface area (Å²) in [7, 11) is 0. The number of rotatable bonds is 1. The first-order valence-corrected chi connectivity index (χ1v) is 8.19. The van der Waals surface area contributed by atoms with E-state index in [1.165, 1.54) is 20.2 Å². The number of aromatic nitrogens is 3. The van der Waals surface area contributed by atoms with Crippen molar-refractivity contribution in [1.29, 1.82) is 0 Å². The third kappa shape index (κ3) is 1.99. The SMILES string of the molecule is c1ccc2c(c1)sc1ccc(-c3ccc4nccnc4n3)cc12. The first kappa shape index (κ1) is 12.7. The van der Waals surface area contributed by atoms with Crippen molar-refractivity contribution in [3.8, 4) is 11.3 Å². The second-order valence-corrected chi connectivity index (χ2v) is 6.49. The van der Waals surface area contributed by atoms with Crippen LogP contribution in [0.25, 0.3) is 42.6 Å². The Morgan fingerprint density at radius 3 is 2.61 bits per heavy atom. The van der Waals surface area contributed by atoms with Crippen molar-refractivity contribution in [1.82, 2.24) is 15.0 Å². The smallest absolute Gasteiger partial charge is 0.178 e. The summed E-state index contributed by atoms with van der Waals surface area (Å²) in [6, 6.07) is 19.0. The minimum atomic E-state index is 0.681. The molecule has 3 nitrogen and oxygen atoms in total. The Kier molecular flexibility index (Phi) is 2.66. The second-order valence-electron chi connectivity index (χ2n) is 5.40. The Bertz CT molecular complexity index is 1180. The zero-order valence-electron chi connectivity index (χ0n) is 12.1. The molecule has 2 aromatic carbocycles. The van der Waals surface area contributed by atoms with E-state index in [-0.39, 0.29) is 0 Å². The van der Waals surface area contributed by atoms with Crippen LogP contribution in [0, 0.1) is 0 Å². The monoisotopic (exact) mass is 313 g/mol. The van der Waals surface area contributed by atoms with E-state index in [9.17, 15) is 0 Å². The van der Waals surface area contributed by atoms with E-state index >= 15 is 0 Å². The molecular weight excluding hydrogens is 302 g/mol. The van der Waals surface area contributed by atoms with Gasteiger partial charge in [-0.2, -0.15) is 0 Å². The summed E-state index contributed by atoms with van der Waals surface area (Å²) in [5.74, 6) is 0. The lowest BCUT2D eigenvalue weighted by Crippen LogP contribution is -1.89. The first-order valence-electron chi connectivity index (χ1n) is 7.38. The highest BCUT2D eigenvalue weighted by Crippen LogP contribution is 2.35. The van der Waals surface area contributed by atoms with Gasteiger partial charge in [-0.3, -0.25) is 4.98 Å². The van der Waals surface area contributed by atoms with Gasteiger partial charge < -0.3 is 0 Å². The van der Waals surface area contributed by atoms with Crippen molar-refractivity contribution in [2.75, 3.05) is 0 Å². The molecule has 5 rings (SSSR count). The summed E-state index contributed by atoms with van der Waals surface area (Å²) in [5.41, 5.74) is 3.53. The van der Waals surface area contributed by atoms with E-state index in [4.69, 9.17) is 0 Å². The molecule has 0 unspecified atom stereocenters. The predicted octanol–water partition coefficient (Wildman–Crippen LogP) is 5.06. The summed E-state index contributed by atoms with van der Waals surface area (Å²) in [6.07, 6.45) is 3.36. The number of nitrogens with zero attached hydrogens (tertiary/aromatic N) is 3. The minimum Gasteiger partial charge on any atom is -0.251 e. The second kappa shape index (κ2) is 4.83. The summed E-state index contributed by atoms with van der Waals surface area (Å²) >= 11 is 1.83. The van der Waals surface area contributed by atoms with Gasteiger partial charge in [0.15, 0.2) is 5.65 Å². The van der Waals surface area contributed by atoms with Crippen LogP contribution in [-0.4, -0.2) is 15.0 Å². The van der Waals surface area contributed by atoms with Gasteiger partial charge in [-0.1, -0.05) is 24.3 Å². The number of hydrogen-bond donors (Lipinski definition) is 0. The van der Waals surface area contributed by atoms with Crippen LogP contribution in [0.4, 0.5) is 0 Å². The van der Waals surface area contributed by atoms with Crippen LogP contribution in [-0.2, 0) is 0 Å². The Hall–Kier alpha value is -2.85. The van der Waals surface area contributed by atoms with Crippen molar-refractivity contribution >= 4 is 42.7 Å². The van der Waals surface area contributed by atoms with Crippen LogP contribution in [0.3, 0.4) is 0 Å². The predicted molar refractivity (Wildman–Crippen MR) is 95.7 cm³/mol. The molecular formula is C19H11N3S. The maximum Gasteiger partial charge on any atom is 0.178 e. The van der Waals surface area contributed by atoms with Crippen LogP contribution in [0.2, 0.25) is 0 Å². The number of benzene rings is 2. The fourth-order valence-electron chi connectivity index (χ4n) is 2.90. The maximum atomic E-state index is 4.65. The zero-order chi connectivity index (χ0) is 15.2. The third-order valence-electron chi connectivity index (χ3n) is 4.00. The van der Waals surface area contributed by atoms with E-state index in [1.807, 2.05) is 23.5 Å². The molecule has 0 saturated heterocycles. The summed E-state index contributed by atoms with van der Waals surface area (Å²) in [5, 5.41) is 2.58. The van der Waals surface area contributed by atoms with Crippen LogP contribution in [0.5, 0.6) is 0 Å². The highest BCUT2D eigenvalue weighted by atomic mass is 32.1. The fourth-order valence-corrected chi connectivity index (χ4v) is 3.99. The molecule has 23 heavy (non-hydrogen) atoms. The topological polar surface area (TPSA) is 38.7 Å². The normalized spacial score (nSPS) is 11.5. The summed E-state index contributed by atoms with van der Waals surface area (Å²) < 4.78 is 2.62. The van der Waals surface area contributed by atoms with Gasteiger partial charge in [0.1, 0.15) is 5.52 Å². The lowest BCUT2D eigenvalue weighted by molar-refractivity contribution is 1.23. The average molecular weight is 313 g/mol. The molecule has 0 atom stereocenters. The molecule has 0 bridgehead atoms. The van der Waals surface area contributed by atoms with Gasteiger partial charge >= 0.3 is 0 Å².